The second-order valence-corrected chi connectivity index (χ2v) is 6.98. The summed E-state index contributed by atoms with van der Waals surface area (Å²) in [7, 11) is 0. The van der Waals surface area contributed by atoms with Crippen LogP contribution in [-0.4, -0.2) is 36.2 Å². The summed E-state index contributed by atoms with van der Waals surface area (Å²) in [6, 6.07) is 17.0. The number of fused-ring (bicyclic) bond motifs is 1. The van der Waals surface area contributed by atoms with E-state index in [9.17, 15) is 9.59 Å². The Labute approximate surface area is 164 Å². The lowest BCUT2D eigenvalue weighted by Crippen LogP contribution is -2.40. The van der Waals surface area contributed by atoms with Crippen molar-refractivity contribution in [1.82, 2.24) is 5.32 Å². The van der Waals surface area contributed by atoms with E-state index in [0.717, 1.165) is 16.7 Å². The van der Waals surface area contributed by atoms with E-state index in [-0.39, 0.29) is 31.3 Å². The third-order valence-corrected chi connectivity index (χ3v) is 4.72. The monoisotopic (exact) mass is 383 g/mol. The highest BCUT2D eigenvalue weighted by atomic mass is 16.5. The molecule has 6 heteroatoms. The first-order valence-electron chi connectivity index (χ1n) is 9.40. The summed E-state index contributed by atoms with van der Waals surface area (Å²) in [5.74, 6) is -1.19. The maximum Gasteiger partial charge on any atom is 0.305 e. The van der Waals surface area contributed by atoms with Crippen LogP contribution in [0, 0.1) is 0 Å². The number of aliphatic carboxylic acids is 1. The highest BCUT2D eigenvalue weighted by Crippen LogP contribution is 2.28. The average molecular weight is 383 g/mol. The van der Waals surface area contributed by atoms with Crippen LogP contribution in [-0.2, 0) is 32.3 Å². The predicted molar refractivity (Wildman–Crippen MR) is 104 cm³/mol. The van der Waals surface area contributed by atoms with Gasteiger partial charge in [0.1, 0.15) is 0 Å². The van der Waals surface area contributed by atoms with Crippen LogP contribution in [0.15, 0.2) is 54.6 Å². The zero-order chi connectivity index (χ0) is 19.8. The first-order valence-corrected chi connectivity index (χ1v) is 9.40. The molecule has 0 aliphatic carbocycles. The number of benzene rings is 2. The maximum atomic E-state index is 12.5. The minimum absolute atomic E-state index is 0.0272. The lowest BCUT2D eigenvalue weighted by molar-refractivity contribution is -0.138. The fourth-order valence-electron chi connectivity index (χ4n) is 3.40. The number of rotatable bonds is 9. The number of hydrogen-bond acceptors (Lipinski definition) is 4. The number of nitrogens with one attached hydrogen (secondary N) is 1. The zero-order valence-corrected chi connectivity index (χ0v) is 15.7. The molecule has 2 aromatic rings. The molecule has 1 amide bonds. The van der Waals surface area contributed by atoms with E-state index in [1.54, 1.807) is 0 Å². The Morgan fingerprint density at radius 1 is 1.14 bits per heavy atom. The van der Waals surface area contributed by atoms with Gasteiger partial charge in [-0.25, -0.2) is 0 Å². The number of carbonyl (C=O) groups excluding carboxylic acids is 1. The Bertz CT molecular complexity index is 793. The van der Waals surface area contributed by atoms with Crippen molar-refractivity contribution in [3.8, 4) is 0 Å². The summed E-state index contributed by atoms with van der Waals surface area (Å²) < 4.78 is 11.2. The van der Waals surface area contributed by atoms with Gasteiger partial charge >= 0.3 is 5.97 Å². The largest absolute Gasteiger partial charge is 0.481 e. The van der Waals surface area contributed by atoms with E-state index in [4.69, 9.17) is 14.6 Å². The minimum Gasteiger partial charge on any atom is -0.481 e. The lowest BCUT2D eigenvalue weighted by Gasteiger charge is -2.26. The van der Waals surface area contributed by atoms with Crippen molar-refractivity contribution in [2.75, 3.05) is 13.2 Å². The molecule has 0 radical (unpaired) electrons. The van der Waals surface area contributed by atoms with Gasteiger partial charge in [-0.3, -0.25) is 9.59 Å². The number of hydrogen-bond donors (Lipinski definition) is 2. The highest BCUT2D eigenvalue weighted by Gasteiger charge is 2.24. The molecular formula is C22H25NO5. The molecule has 2 aromatic carbocycles. The number of carboxylic acid groups (broad SMARTS) is 1. The second kappa shape index (κ2) is 10.0. The van der Waals surface area contributed by atoms with Gasteiger partial charge in [0.25, 0.3) is 0 Å². The molecule has 1 heterocycles. The fraction of sp³-hybridized carbons (Fsp3) is 0.364. The molecule has 0 saturated heterocycles. The van der Waals surface area contributed by atoms with Crippen LogP contribution in [0.3, 0.4) is 0 Å². The fourth-order valence-corrected chi connectivity index (χ4v) is 3.40. The van der Waals surface area contributed by atoms with E-state index < -0.39 is 12.0 Å². The van der Waals surface area contributed by atoms with Crippen LogP contribution in [0.1, 0.15) is 35.4 Å². The van der Waals surface area contributed by atoms with Crippen molar-refractivity contribution in [3.05, 3.63) is 71.3 Å². The third-order valence-electron chi connectivity index (χ3n) is 4.72. The average Bonchev–Trinajstić information content (AvgIpc) is 2.68. The van der Waals surface area contributed by atoms with Crippen molar-refractivity contribution >= 4 is 11.9 Å². The summed E-state index contributed by atoms with van der Waals surface area (Å²) in [5.41, 5.74) is 3.22. The van der Waals surface area contributed by atoms with E-state index in [0.29, 0.717) is 19.8 Å². The van der Waals surface area contributed by atoms with Crippen molar-refractivity contribution < 1.29 is 24.2 Å². The number of amides is 1. The molecule has 3 rings (SSSR count). The standard InChI is InChI=1S/C22H25NO5/c24-21(10-18-14-28-13-17-8-4-5-9-20(17)18)23-19(11-22(25)26)15-27-12-16-6-2-1-3-7-16/h1-9,18-19H,10-15H2,(H,23,24)(H,25,26)/t18?,19-/m1/s1. The zero-order valence-electron chi connectivity index (χ0n) is 15.7. The van der Waals surface area contributed by atoms with Gasteiger partial charge in [0.2, 0.25) is 5.91 Å². The Balaban J connectivity index is 1.53. The third kappa shape index (κ3) is 5.90. The molecule has 28 heavy (non-hydrogen) atoms. The SMILES string of the molecule is O=C(O)C[C@H](COCc1ccccc1)NC(=O)CC1COCc2ccccc21. The van der Waals surface area contributed by atoms with Gasteiger partial charge < -0.3 is 19.9 Å². The Hall–Kier alpha value is -2.70. The molecule has 2 atom stereocenters. The van der Waals surface area contributed by atoms with Crippen LogP contribution in [0.25, 0.3) is 0 Å². The normalized spacial score (nSPS) is 16.8. The molecule has 1 aliphatic heterocycles. The number of carbonyl (C=O) groups is 2. The Kier molecular flexibility index (Phi) is 7.17. The van der Waals surface area contributed by atoms with E-state index in [1.807, 2.05) is 54.6 Å². The molecule has 148 valence electrons. The van der Waals surface area contributed by atoms with Gasteiger partial charge in [-0.15, -0.1) is 0 Å². The minimum atomic E-state index is -0.972. The van der Waals surface area contributed by atoms with Crippen molar-refractivity contribution in [3.63, 3.8) is 0 Å². The molecule has 0 saturated carbocycles. The molecule has 1 unspecified atom stereocenters. The van der Waals surface area contributed by atoms with E-state index in [1.165, 1.54) is 0 Å². The summed E-state index contributed by atoms with van der Waals surface area (Å²) in [5, 5.41) is 12.0. The van der Waals surface area contributed by atoms with Gasteiger partial charge in [0.15, 0.2) is 0 Å². The second-order valence-electron chi connectivity index (χ2n) is 6.98. The van der Waals surface area contributed by atoms with Crippen LogP contribution >= 0.6 is 0 Å². The summed E-state index contributed by atoms with van der Waals surface area (Å²) in [4.78, 5) is 23.7. The van der Waals surface area contributed by atoms with Crippen LogP contribution in [0.5, 0.6) is 0 Å². The molecule has 2 N–H and O–H groups in total. The Morgan fingerprint density at radius 2 is 1.89 bits per heavy atom. The van der Waals surface area contributed by atoms with Crippen molar-refractivity contribution in [2.45, 2.75) is 38.0 Å². The van der Waals surface area contributed by atoms with Crippen LogP contribution < -0.4 is 5.32 Å². The quantitative estimate of drug-likeness (QED) is 0.696. The van der Waals surface area contributed by atoms with Gasteiger partial charge in [-0.05, 0) is 16.7 Å². The first kappa shape index (κ1) is 20.0. The van der Waals surface area contributed by atoms with Gasteiger partial charge in [0.05, 0.1) is 38.9 Å². The van der Waals surface area contributed by atoms with E-state index >= 15 is 0 Å². The molecule has 0 fully saturated rings. The highest BCUT2D eigenvalue weighted by molar-refractivity contribution is 5.78. The first-order chi connectivity index (χ1) is 13.6. The Morgan fingerprint density at radius 3 is 2.68 bits per heavy atom. The molecular weight excluding hydrogens is 358 g/mol. The van der Waals surface area contributed by atoms with Crippen molar-refractivity contribution in [2.24, 2.45) is 0 Å². The predicted octanol–water partition coefficient (Wildman–Crippen LogP) is 2.87. The smallest absolute Gasteiger partial charge is 0.305 e. The molecule has 0 spiro atoms. The maximum absolute atomic E-state index is 12.5. The number of ether oxygens (including phenoxy) is 2. The van der Waals surface area contributed by atoms with E-state index in [2.05, 4.69) is 5.32 Å². The van der Waals surface area contributed by atoms with Gasteiger partial charge in [-0.2, -0.15) is 0 Å². The molecule has 6 nitrogen and oxygen atoms in total. The van der Waals surface area contributed by atoms with Crippen molar-refractivity contribution in [1.29, 1.82) is 0 Å². The summed E-state index contributed by atoms with van der Waals surface area (Å²) in [6.07, 6.45) is 0.0735. The molecule has 0 aromatic heterocycles. The lowest BCUT2D eigenvalue weighted by atomic mass is 9.90. The summed E-state index contributed by atoms with van der Waals surface area (Å²) in [6.45, 7) is 1.56. The van der Waals surface area contributed by atoms with Crippen LogP contribution in [0.4, 0.5) is 0 Å². The van der Waals surface area contributed by atoms with Gasteiger partial charge in [-0.1, -0.05) is 54.6 Å². The molecule has 0 bridgehead atoms. The van der Waals surface area contributed by atoms with Gasteiger partial charge in [0, 0.05) is 12.3 Å². The summed E-state index contributed by atoms with van der Waals surface area (Å²) >= 11 is 0. The van der Waals surface area contributed by atoms with Crippen LogP contribution in [0.2, 0.25) is 0 Å². The topological polar surface area (TPSA) is 84.9 Å². The molecule has 1 aliphatic rings. The number of carboxylic acids is 1.